The van der Waals surface area contributed by atoms with Crippen molar-refractivity contribution in [2.24, 2.45) is 0 Å². The molecular weight excluding hydrogens is 194 g/mol. The van der Waals surface area contributed by atoms with Crippen LogP contribution in [0.15, 0.2) is 12.7 Å². The Labute approximate surface area is 90.7 Å². The van der Waals surface area contributed by atoms with Crippen LogP contribution >= 0.6 is 0 Å². The van der Waals surface area contributed by atoms with E-state index < -0.39 is 0 Å². The zero-order valence-electron chi connectivity index (χ0n) is 9.25. The van der Waals surface area contributed by atoms with Crippen LogP contribution in [0, 0.1) is 0 Å². The summed E-state index contributed by atoms with van der Waals surface area (Å²) in [6.07, 6.45) is 4.08. The number of unbranched alkanes of at least 4 members (excludes halogenated alkanes) is 1. The zero-order valence-corrected chi connectivity index (χ0v) is 9.25. The monoisotopic (exact) mass is 213 g/mol. The predicted molar refractivity (Wildman–Crippen MR) is 58.3 cm³/mol. The molecule has 0 aliphatic rings. The average Bonchev–Trinajstić information content (AvgIpc) is 2.24. The maximum absolute atomic E-state index is 11.1. The van der Waals surface area contributed by atoms with Gasteiger partial charge in [-0.3, -0.25) is 9.59 Å². The minimum absolute atomic E-state index is 0.198. The molecule has 0 aromatic heterocycles. The Morgan fingerprint density at radius 2 is 2.13 bits per heavy atom. The molecule has 0 unspecified atom stereocenters. The van der Waals surface area contributed by atoms with Crippen LogP contribution < -0.4 is 5.32 Å². The molecule has 1 N–H and O–H groups in total. The molecule has 0 spiro atoms. The Balaban J connectivity index is 3.31. The van der Waals surface area contributed by atoms with Crippen molar-refractivity contribution < 1.29 is 14.3 Å². The Hall–Kier alpha value is -1.32. The first-order chi connectivity index (χ1) is 7.20. The molecule has 0 radical (unpaired) electrons. The molecule has 4 nitrogen and oxygen atoms in total. The van der Waals surface area contributed by atoms with Crippen LogP contribution in [-0.2, 0) is 14.3 Å². The van der Waals surface area contributed by atoms with Crippen LogP contribution in [0.2, 0.25) is 0 Å². The lowest BCUT2D eigenvalue weighted by atomic mass is 10.3. The third-order valence-corrected chi connectivity index (χ3v) is 1.80. The molecule has 0 fully saturated rings. The summed E-state index contributed by atoms with van der Waals surface area (Å²) in [5.74, 6) is -0.411. The molecule has 4 heteroatoms. The maximum Gasteiger partial charge on any atom is 0.305 e. The number of carbonyl (C=O) groups excluding carboxylic acids is 2. The Kier molecular flexibility index (Phi) is 8.43. The van der Waals surface area contributed by atoms with E-state index in [9.17, 15) is 9.59 Å². The lowest BCUT2D eigenvalue weighted by molar-refractivity contribution is -0.143. The third-order valence-electron chi connectivity index (χ3n) is 1.80. The topological polar surface area (TPSA) is 55.4 Å². The van der Waals surface area contributed by atoms with Gasteiger partial charge in [0.15, 0.2) is 0 Å². The van der Waals surface area contributed by atoms with E-state index in [2.05, 4.69) is 11.9 Å². The molecule has 86 valence electrons. The molecule has 0 rings (SSSR count). The summed E-state index contributed by atoms with van der Waals surface area (Å²) in [7, 11) is 0. The second kappa shape index (κ2) is 9.24. The zero-order chi connectivity index (χ0) is 11.5. The minimum atomic E-state index is -0.214. The van der Waals surface area contributed by atoms with Gasteiger partial charge in [-0.2, -0.15) is 0 Å². The van der Waals surface area contributed by atoms with Gasteiger partial charge in [-0.1, -0.05) is 19.9 Å². The molecule has 0 aliphatic heterocycles. The van der Waals surface area contributed by atoms with E-state index in [1.807, 2.05) is 6.92 Å². The number of esters is 1. The van der Waals surface area contributed by atoms with Gasteiger partial charge < -0.3 is 10.1 Å². The van der Waals surface area contributed by atoms with Crippen molar-refractivity contribution in [2.45, 2.75) is 32.6 Å². The largest absolute Gasteiger partial charge is 0.466 e. The third kappa shape index (κ3) is 9.00. The molecule has 0 aliphatic carbocycles. The number of nitrogens with one attached hydrogen (secondary N) is 1. The fourth-order valence-electron chi connectivity index (χ4n) is 0.919. The fraction of sp³-hybridized carbons (Fsp3) is 0.636. The highest BCUT2D eigenvalue weighted by atomic mass is 16.5. The molecule has 0 bridgehead atoms. The highest BCUT2D eigenvalue weighted by molar-refractivity contribution is 5.86. The normalized spacial score (nSPS) is 9.40. The van der Waals surface area contributed by atoms with Gasteiger partial charge >= 0.3 is 5.97 Å². The summed E-state index contributed by atoms with van der Waals surface area (Å²) in [5.41, 5.74) is 0. The smallest absolute Gasteiger partial charge is 0.305 e. The first kappa shape index (κ1) is 13.7. The fourth-order valence-corrected chi connectivity index (χ4v) is 0.919. The van der Waals surface area contributed by atoms with Crippen LogP contribution in [0.1, 0.15) is 32.6 Å². The predicted octanol–water partition coefficient (Wildman–Crippen LogP) is 1.41. The highest BCUT2D eigenvalue weighted by Crippen LogP contribution is 1.94. The van der Waals surface area contributed by atoms with Gasteiger partial charge in [-0.25, -0.2) is 0 Å². The summed E-state index contributed by atoms with van der Waals surface area (Å²) in [4.78, 5) is 21.8. The second-order valence-corrected chi connectivity index (χ2v) is 3.17. The van der Waals surface area contributed by atoms with Gasteiger partial charge in [-0.15, -0.1) is 0 Å². The van der Waals surface area contributed by atoms with E-state index in [1.165, 1.54) is 6.08 Å². The van der Waals surface area contributed by atoms with Crippen molar-refractivity contribution in [3.63, 3.8) is 0 Å². The van der Waals surface area contributed by atoms with Crippen LogP contribution in [0.5, 0.6) is 0 Å². The van der Waals surface area contributed by atoms with Crippen molar-refractivity contribution in [3.8, 4) is 0 Å². The van der Waals surface area contributed by atoms with Crippen molar-refractivity contribution >= 4 is 11.9 Å². The van der Waals surface area contributed by atoms with Crippen LogP contribution in [0.3, 0.4) is 0 Å². The van der Waals surface area contributed by atoms with E-state index >= 15 is 0 Å². The number of rotatable bonds is 8. The Morgan fingerprint density at radius 3 is 2.73 bits per heavy atom. The lowest BCUT2D eigenvalue weighted by Gasteiger charge is -2.04. The van der Waals surface area contributed by atoms with E-state index in [-0.39, 0.29) is 11.9 Å². The Morgan fingerprint density at radius 1 is 1.40 bits per heavy atom. The highest BCUT2D eigenvalue weighted by Gasteiger charge is 2.02. The summed E-state index contributed by atoms with van der Waals surface area (Å²) in [6.45, 7) is 6.34. The van der Waals surface area contributed by atoms with E-state index in [0.717, 1.165) is 12.8 Å². The molecule has 0 aromatic carbocycles. The van der Waals surface area contributed by atoms with E-state index in [4.69, 9.17) is 4.74 Å². The van der Waals surface area contributed by atoms with Gasteiger partial charge in [0, 0.05) is 13.0 Å². The molecule has 0 atom stereocenters. The Bertz CT molecular complexity index is 214. The first-order valence-electron chi connectivity index (χ1n) is 5.26. The van der Waals surface area contributed by atoms with Crippen molar-refractivity contribution in [2.75, 3.05) is 13.2 Å². The quantitative estimate of drug-likeness (QED) is 0.377. The van der Waals surface area contributed by atoms with Crippen LogP contribution in [0.25, 0.3) is 0 Å². The van der Waals surface area contributed by atoms with E-state index in [0.29, 0.717) is 26.0 Å². The summed E-state index contributed by atoms with van der Waals surface area (Å²) >= 11 is 0. The number of carbonyl (C=O) groups is 2. The second-order valence-electron chi connectivity index (χ2n) is 3.17. The summed E-state index contributed by atoms with van der Waals surface area (Å²) < 4.78 is 4.94. The van der Waals surface area contributed by atoms with Crippen LogP contribution in [-0.4, -0.2) is 25.0 Å². The average molecular weight is 213 g/mol. The molecular formula is C11H19NO3. The summed E-state index contributed by atoms with van der Waals surface area (Å²) in [5, 5.41) is 2.59. The molecule has 0 saturated heterocycles. The van der Waals surface area contributed by atoms with Gasteiger partial charge in [0.2, 0.25) is 5.91 Å². The van der Waals surface area contributed by atoms with Crippen molar-refractivity contribution in [3.05, 3.63) is 12.7 Å². The number of ether oxygens (including phenoxy) is 1. The first-order valence-corrected chi connectivity index (χ1v) is 5.26. The maximum atomic E-state index is 11.1. The molecule has 0 aromatic rings. The molecule has 0 heterocycles. The number of hydrogen-bond acceptors (Lipinski definition) is 3. The number of amides is 1. The van der Waals surface area contributed by atoms with Gasteiger partial charge in [0.05, 0.1) is 6.61 Å². The van der Waals surface area contributed by atoms with Gasteiger partial charge in [0.25, 0.3) is 0 Å². The molecule has 0 saturated carbocycles. The standard InChI is InChI=1S/C11H19NO3/c1-3-5-9-15-11(14)7-6-8-12-10(13)4-2/h4H,2-3,5-9H2,1H3,(H,12,13). The van der Waals surface area contributed by atoms with Gasteiger partial charge in [0.1, 0.15) is 0 Å². The van der Waals surface area contributed by atoms with Gasteiger partial charge in [-0.05, 0) is 18.9 Å². The van der Waals surface area contributed by atoms with Crippen LogP contribution in [0.4, 0.5) is 0 Å². The number of hydrogen-bond donors (Lipinski definition) is 1. The SMILES string of the molecule is C=CC(=O)NCCCC(=O)OCCCC. The minimum Gasteiger partial charge on any atom is -0.466 e. The summed E-state index contributed by atoms with van der Waals surface area (Å²) in [6, 6.07) is 0. The molecule has 15 heavy (non-hydrogen) atoms. The van der Waals surface area contributed by atoms with E-state index in [1.54, 1.807) is 0 Å². The van der Waals surface area contributed by atoms with Crippen molar-refractivity contribution in [1.29, 1.82) is 0 Å². The molecule has 1 amide bonds. The lowest BCUT2D eigenvalue weighted by Crippen LogP contribution is -2.22. The van der Waals surface area contributed by atoms with Crippen molar-refractivity contribution in [1.82, 2.24) is 5.32 Å².